The van der Waals surface area contributed by atoms with Crippen LogP contribution in [0.4, 0.5) is 5.69 Å². The number of fused-ring (bicyclic) bond motifs is 1. The van der Waals surface area contributed by atoms with Crippen LogP contribution < -0.4 is 0 Å². The van der Waals surface area contributed by atoms with E-state index in [2.05, 4.69) is 47.5 Å². The minimum atomic E-state index is -0.480. The van der Waals surface area contributed by atoms with Gasteiger partial charge in [0.05, 0.1) is 17.5 Å². The standard InChI is InChI=1S/C28H30N4O4S/c1-19-3-5-21(6-4-19)27-24-12-16-37-25(24)11-13-30(27)18-26(33)29-14-15-31(20(2)17-29)28(34)22-7-9-23(10-8-22)32(35)36/h3-10,12,16,20,27H,11,13-15,17-18H2,1-2H3/t20-,27-/m1/s1. The van der Waals surface area contributed by atoms with E-state index in [1.54, 1.807) is 16.2 Å². The van der Waals surface area contributed by atoms with Gasteiger partial charge in [-0.2, -0.15) is 0 Å². The largest absolute Gasteiger partial charge is 0.338 e. The molecule has 2 aromatic carbocycles. The number of nitro benzene ring substituents is 1. The summed E-state index contributed by atoms with van der Waals surface area (Å²) in [4.78, 5) is 44.2. The number of piperazine rings is 1. The van der Waals surface area contributed by atoms with E-state index in [1.165, 1.54) is 45.8 Å². The number of aryl methyl sites for hydroxylation is 1. The Bertz CT molecular complexity index is 1300. The van der Waals surface area contributed by atoms with E-state index in [4.69, 9.17) is 0 Å². The van der Waals surface area contributed by atoms with E-state index in [1.807, 2.05) is 11.8 Å². The molecule has 1 fully saturated rings. The molecule has 0 N–H and O–H groups in total. The van der Waals surface area contributed by atoms with E-state index in [9.17, 15) is 19.7 Å². The first-order valence-electron chi connectivity index (χ1n) is 12.5. The Labute approximate surface area is 220 Å². The molecule has 2 aliphatic rings. The molecule has 0 unspecified atom stereocenters. The maximum Gasteiger partial charge on any atom is 0.269 e. The Morgan fingerprint density at radius 3 is 2.43 bits per heavy atom. The second-order valence-corrected chi connectivity index (χ2v) is 10.8. The number of carbonyl (C=O) groups excluding carboxylic acids is 2. The van der Waals surface area contributed by atoms with Crippen molar-refractivity contribution in [1.82, 2.24) is 14.7 Å². The van der Waals surface area contributed by atoms with Gasteiger partial charge in [0.2, 0.25) is 5.91 Å². The molecule has 0 bridgehead atoms. The first-order chi connectivity index (χ1) is 17.8. The molecule has 0 saturated carbocycles. The zero-order valence-corrected chi connectivity index (χ0v) is 21.8. The van der Waals surface area contributed by atoms with Gasteiger partial charge in [-0.05, 0) is 55.0 Å². The van der Waals surface area contributed by atoms with Gasteiger partial charge in [-0.15, -0.1) is 11.3 Å². The molecule has 3 heterocycles. The third-order valence-corrected chi connectivity index (χ3v) is 8.36. The average Bonchev–Trinajstić information content (AvgIpc) is 3.38. The maximum atomic E-state index is 13.5. The molecule has 37 heavy (non-hydrogen) atoms. The molecule has 5 rings (SSSR count). The van der Waals surface area contributed by atoms with Crippen molar-refractivity contribution in [3.63, 3.8) is 0 Å². The van der Waals surface area contributed by atoms with Crippen molar-refractivity contribution in [3.05, 3.63) is 97.2 Å². The molecular formula is C28H30N4O4S. The number of hydrogen-bond acceptors (Lipinski definition) is 6. The first-order valence-corrected chi connectivity index (χ1v) is 13.4. The monoisotopic (exact) mass is 518 g/mol. The Balaban J connectivity index is 1.26. The number of rotatable bonds is 5. The molecule has 0 aliphatic carbocycles. The van der Waals surface area contributed by atoms with Crippen LogP contribution in [0.15, 0.2) is 60.0 Å². The lowest BCUT2D eigenvalue weighted by molar-refractivity contribution is -0.384. The molecule has 2 atom stereocenters. The quantitative estimate of drug-likeness (QED) is 0.372. The highest BCUT2D eigenvalue weighted by atomic mass is 32.1. The summed E-state index contributed by atoms with van der Waals surface area (Å²) >= 11 is 1.79. The highest BCUT2D eigenvalue weighted by Crippen LogP contribution is 2.37. The van der Waals surface area contributed by atoms with Gasteiger partial charge in [0.15, 0.2) is 0 Å². The van der Waals surface area contributed by atoms with E-state index < -0.39 is 4.92 Å². The molecule has 0 radical (unpaired) electrons. The Kier molecular flexibility index (Phi) is 7.08. The first kappa shape index (κ1) is 25.1. The summed E-state index contributed by atoms with van der Waals surface area (Å²) in [6.07, 6.45) is 0.941. The van der Waals surface area contributed by atoms with Gasteiger partial charge in [-0.3, -0.25) is 24.6 Å². The lowest BCUT2D eigenvalue weighted by Gasteiger charge is -2.42. The van der Waals surface area contributed by atoms with E-state index in [0.29, 0.717) is 31.7 Å². The van der Waals surface area contributed by atoms with Gasteiger partial charge in [0.25, 0.3) is 11.6 Å². The van der Waals surface area contributed by atoms with Gasteiger partial charge in [-0.25, -0.2) is 0 Å². The molecule has 2 aliphatic heterocycles. The van der Waals surface area contributed by atoms with Crippen LogP contribution in [-0.4, -0.2) is 70.2 Å². The van der Waals surface area contributed by atoms with Crippen LogP contribution in [0, 0.1) is 17.0 Å². The summed E-state index contributed by atoms with van der Waals surface area (Å²) in [7, 11) is 0. The molecule has 9 heteroatoms. The van der Waals surface area contributed by atoms with Gasteiger partial charge in [0, 0.05) is 54.8 Å². The van der Waals surface area contributed by atoms with Crippen molar-refractivity contribution >= 4 is 28.8 Å². The van der Waals surface area contributed by atoms with Crippen LogP contribution in [0.1, 0.15) is 44.9 Å². The van der Waals surface area contributed by atoms with Crippen molar-refractivity contribution in [1.29, 1.82) is 0 Å². The normalized spacial score (nSPS) is 19.9. The fourth-order valence-corrected chi connectivity index (χ4v) is 6.23. The second kappa shape index (κ2) is 10.4. The van der Waals surface area contributed by atoms with Gasteiger partial charge in [-0.1, -0.05) is 29.8 Å². The van der Waals surface area contributed by atoms with Crippen LogP contribution in [-0.2, 0) is 11.2 Å². The number of non-ortho nitro benzene ring substituents is 1. The number of hydrogen-bond donors (Lipinski definition) is 0. The predicted molar refractivity (Wildman–Crippen MR) is 143 cm³/mol. The van der Waals surface area contributed by atoms with Crippen LogP contribution in [0.2, 0.25) is 0 Å². The SMILES string of the molecule is Cc1ccc([C@@H]2c3ccsc3CCN2CC(=O)N2CCN(C(=O)c3ccc([N+](=O)[O-])cc3)[C@H](C)C2)cc1. The van der Waals surface area contributed by atoms with Crippen molar-refractivity contribution in [3.8, 4) is 0 Å². The molecule has 192 valence electrons. The summed E-state index contributed by atoms with van der Waals surface area (Å²) in [5, 5.41) is 13.0. The summed E-state index contributed by atoms with van der Waals surface area (Å²) in [5.41, 5.74) is 4.07. The smallest absolute Gasteiger partial charge is 0.269 e. The number of carbonyl (C=O) groups is 2. The summed E-state index contributed by atoms with van der Waals surface area (Å²) in [5.74, 6) is -0.0972. The third-order valence-electron chi connectivity index (χ3n) is 7.36. The summed E-state index contributed by atoms with van der Waals surface area (Å²) in [6, 6.07) is 16.3. The summed E-state index contributed by atoms with van der Waals surface area (Å²) < 4.78 is 0. The average molecular weight is 519 g/mol. The Morgan fingerprint density at radius 1 is 1.03 bits per heavy atom. The highest BCUT2D eigenvalue weighted by Gasteiger charge is 2.34. The molecule has 0 spiro atoms. The molecule has 1 saturated heterocycles. The molecular weight excluding hydrogens is 488 g/mol. The predicted octanol–water partition coefficient (Wildman–Crippen LogP) is 4.29. The number of thiophene rings is 1. The lowest BCUT2D eigenvalue weighted by Crippen LogP contribution is -2.57. The lowest BCUT2D eigenvalue weighted by atomic mass is 9.92. The topological polar surface area (TPSA) is 87.0 Å². The van der Waals surface area contributed by atoms with E-state index in [0.717, 1.165) is 13.0 Å². The Hall–Kier alpha value is -3.56. The van der Waals surface area contributed by atoms with Crippen LogP contribution in [0.5, 0.6) is 0 Å². The minimum Gasteiger partial charge on any atom is -0.338 e. The minimum absolute atomic E-state index is 0.0451. The third kappa shape index (κ3) is 5.14. The molecule has 2 amide bonds. The maximum absolute atomic E-state index is 13.5. The van der Waals surface area contributed by atoms with Crippen molar-refractivity contribution in [2.24, 2.45) is 0 Å². The van der Waals surface area contributed by atoms with E-state index in [-0.39, 0.29) is 29.6 Å². The number of nitro groups is 1. The Morgan fingerprint density at radius 2 is 1.76 bits per heavy atom. The zero-order valence-electron chi connectivity index (χ0n) is 21.0. The summed E-state index contributed by atoms with van der Waals surface area (Å²) in [6.45, 7) is 6.53. The van der Waals surface area contributed by atoms with Gasteiger partial charge < -0.3 is 9.80 Å². The van der Waals surface area contributed by atoms with E-state index >= 15 is 0 Å². The second-order valence-electron chi connectivity index (χ2n) is 9.82. The number of benzene rings is 2. The van der Waals surface area contributed by atoms with Crippen molar-refractivity contribution < 1.29 is 14.5 Å². The van der Waals surface area contributed by atoms with Gasteiger partial charge in [0.1, 0.15) is 0 Å². The zero-order chi connectivity index (χ0) is 26.1. The number of nitrogens with zero attached hydrogens (tertiary/aromatic N) is 4. The fraction of sp³-hybridized carbons (Fsp3) is 0.357. The highest BCUT2D eigenvalue weighted by molar-refractivity contribution is 7.10. The molecule has 8 nitrogen and oxygen atoms in total. The fourth-order valence-electron chi connectivity index (χ4n) is 5.33. The van der Waals surface area contributed by atoms with Gasteiger partial charge >= 0.3 is 0 Å². The van der Waals surface area contributed by atoms with Crippen LogP contribution in [0.25, 0.3) is 0 Å². The van der Waals surface area contributed by atoms with Crippen LogP contribution in [0.3, 0.4) is 0 Å². The molecule has 1 aromatic heterocycles. The van der Waals surface area contributed by atoms with Crippen molar-refractivity contribution in [2.75, 3.05) is 32.7 Å². The molecule has 3 aromatic rings. The van der Waals surface area contributed by atoms with Crippen LogP contribution >= 0.6 is 11.3 Å². The van der Waals surface area contributed by atoms with Crippen molar-refractivity contribution in [2.45, 2.75) is 32.4 Å². The number of amides is 2.